The van der Waals surface area contributed by atoms with Crippen LogP contribution < -0.4 is 5.32 Å². The maximum Gasteiger partial charge on any atom is 0.126 e. The number of pyridine rings is 1. The summed E-state index contributed by atoms with van der Waals surface area (Å²) in [6, 6.07) is 4.39. The zero-order valence-corrected chi connectivity index (χ0v) is 14.9. The summed E-state index contributed by atoms with van der Waals surface area (Å²) < 4.78 is 0. The van der Waals surface area contributed by atoms with Crippen molar-refractivity contribution >= 4 is 5.82 Å². The van der Waals surface area contributed by atoms with E-state index in [1.165, 1.54) is 16.7 Å². The molecule has 120 valence electrons. The predicted octanol–water partition coefficient (Wildman–Crippen LogP) is 5.69. The Hall–Kier alpha value is -1.83. The molecule has 2 heteroatoms. The van der Waals surface area contributed by atoms with Crippen LogP contribution in [0.2, 0.25) is 0 Å². The lowest BCUT2D eigenvalue weighted by atomic mass is 9.96. The minimum Gasteiger partial charge on any atom is -0.363 e. The molecule has 1 unspecified atom stereocenters. The number of aryl methyl sites for hydroxylation is 1. The van der Waals surface area contributed by atoms with E-state index in [0.29, 0.717) is 5.92 Å². The summed E-state index contributed by atoms with van der Waals surface area (Å²) in [6.45, 7) is 13.1. The first-order valence-corrected chi connectivity index (χ1v) is 8.13. The molecular formula is C20H30N2. The van der Waals surface area contributed by atoms with Crippen LogP contribution in [0.25, 0.3) is 0 Å². The smallest absolute Gasteiger partial charge is 0.126 e. The summed E-state index contributed by atoms with van der Waals surface area (Å²) in [7, 11) is 0. The Morgan fingerprint density at radius 1 is 1.23 bits per heavy atom. The molecule has 1 rings (SSSR count). The zero-order valence-electron chi connectivity index (χ0n) is 14.9. The molecule has 0 spiro atoms. The molecule has 22 heavy (non-hydrogen) atoms. The fourth-order valence-corrected chi connectivity index (χ4v) is 2.23. The Bertz CT molecular complexity index is 551. The van der Waals surface area contributed by atoms with Crippen LogP contribution in [0.3, 0.4) is 0 Å². The van der Waals surface area contributed by atoms with Gasteiger partial charge in [-0.1, -0.05) is 56.2 Å². The van der Waals surface area contributed by atoms with Gasteiger partial charge < -0.3 is 5.32 Å². The largest absolute Gasteiger partial charge is 0.363 e. The summed E-state index contributed by atoms with van der Waals surface area (Å²) in [5.41, 5.74) is 3.93. The molecule has 1 N–H and O–H groups in total. The second-order valence-electron chi connectivity index (χ2n) is 6.25. The average molecular weight is 298 g/mol. The van der Waals surface area contributed by atoms with Crippen molar-refractivity contribution in [1.29, 1.82) is 0 Å². The average Bonchev–Trinajstić information content (AvgIpc) is 2.48. The number of nitrogens with one attached hydrogen (secondary N) is 1. The quantitative estimate of drug-likeness (QED) is 0.654. The third kappa shape index (κ3) is 6.30. The lowest BCUT2D eigenvalue weighted by Crippen LogP contribution is -2.27. The van der Waals surface area contributed by atoms with E-state index in [9.17, 15) is 0 Å². The monoisotopic (exact) mass is 298 g/mol. The van der Waals surface area contributed by atoms with Crippen molar-refractivity contribution < 1.29 is 0 Å². The van der Waals surface area contributed by atoms with E-state index in [1.54, 1.807) is 0 Å². The van der Waals surface area contributed by atoms with Gasteiger partial charge in [0.2, 0.25) is 0 Å². The summed E-state index contributed by atoms with van der Waals surface area (Å²) in [4.78, 5) is 4.41. The number of rotatable bonds is 7. The van der Waals surface area contributed by atoms with Crippen LogP contribution >= 0.6 is 0 Å². The van der Waals surface area contributed by atoms with Gasteiger partial charge in [-0.05, 0) is 50.8 Å². The fourth-order valence-electron chi connectivity index (χ4n) is 2.23. The third-order valence-electron chi connectivity index (χ3n) is 3.78. The SMILES string of the molecule is CC/C(C)=C/C=C\C=C(/C)C(Nc1cc(C)ccn1)C(C)C. The number of aromatic nitrogens is 1. The highest BCUT2D eigenvalue weighted by Crippen LogP contribution is 2.18. The van der Waals surface area contributed by atoms with E-state index in [2.05, 4.69) is 82.2 Å². The van der Waals surface area contributed by atoms with Crippen LogP contribution in [-0.2, 0) is 0 Å². The van der Waals surface area contributed by atoms with Crippen molar-refractivity contribution in [1.82, 2.24) is 4.98 Å². The molecule has 1 heterocycles. The first-order valence-electron chi connectivity index (χ1n) is 8.13. The fraction of sp³-hybridized carbons (Fsp3) is 0.450. The van der Waals surface area contributed by atoms with Gasteiger partial charge in [0.1, 0.15) is 5.82 Å². The van der Waals surface area contributed by atoms with Crippen LogP contribution in [0.5, 0.6) is 0 Å². The van der Waals surface area contributed by atoms with Crippen molar-refractivity contribution in [2.24, 2.45) is 5.92 Å². The number of allylic oxidation sites excluding steroid dienone is 5. The van der Waals surface area contributed by atoms with Crippen molar-refractivity contribution in [2.45, 2.75) is 54.0 Å². The molecule has 1 atom stereocenters. The lowest BCUT2D eigenvalue weighted by molar-refractivity contribution is 0.577. The molecule has 0 aliphatic heterocycles. The molecule has 0 saturated carbocycles. The summed E-state index contributed by atoms with van der Waals surface area (Å²) in [6.07, 6.45) is 11.5. The maximum absolute atomic E-state index is 4.41. The Labute approximate surface area is 136 Å². The van der Waals surface area contributed by atoms with Gasteiger partial charge in [0.25, 0.3) is 0 Å². The molecule has 0 aliphatic rings. The standard InChI is InChI=1S/C20H30N2/c1-7-16(4)10-8-9-11-18(6)20(15(2)3)22-19-14-17(5)12-13-21-19/h8-15,20H,7H2,1-6H3,(H,21,22)/b9-8-,16-10+,18-11+. The van der Waals surface area contributed by atoms with Crippen LogP contribution in [-0.4, -0.2) is 11.0 Å². The second kappa shape index (κ2) is 9.24. The first-order chi connectivity index (χ1) is 10.4. The van der Waals surface area contributed by atoms with E-state index in [4.69, 9.17) is 0 Å². The zero-order chi connectivity index (χ0) is 16.5. The minimum atomic E-state index is 0.287. The Kier molecular flexibility index (Phi) is 7.65. The molecule has 0 saturated heterocycles. The van der Waals surface area contributed by atoms with Gasteiger partial charge in [0.15, 0.2) is 0 Å². The topological polar surface area (TPSA) is 24.9 Å². The minimum absolute atomic E-state index is 0.287. The van der Waals surface area contributed by atoms with Crippen molar-refractivity contribution in [3.63, 3.8) is 0 Å². The molecule has 0 fully saturated rings. The number of hydrogen-bond donors (Lipinski definition) is 1. The van der Waals surface area contributed by atoms with Crippen LogP contribution in [0.15, 0.2) is 53.8 Å². The number of hydrogen-bond acceptors (Lipinski definition) is 2. The van der Waals surface area contributed by atoms with Crippen LogP contribution in [0.4, 0.5) is 5.82 Å². The van der Waals surface area contributed by atoms with Gasteiger partial charge in [-0.3, -0.25) is 0 Å². The highest BCUT2D eigenvalue weighted by molar-refractivity contribution is 5.41. The highest BCUT2D eigenvalue weighted by atomic mass is 15.0. The summed E-state index contributed by atoms with van der Waals surface area (Å²) in [5.74, 6) is 1.44. The van der Waals surface area contributed by atoms with Gasteiger partial charge >= 0.3 is 0 Å². The van der Waals surface area contributed by atoms with Crippen molar-refractivity contribution in [2.75, 3.05) is 5.32 Å². The molecule has 0 aromatic carbocycles. The normalized spacial score (nSPS) is 14.7. The molecule has 1 aromatic heterocycles. The molecule has 0 radical (unpaired) electrons. The molecule has 0 amide bonds. The van der Waals surface area contributed by atoms with E-state index in [1.807, 2.05) is 12.3 Å². The van der Waals surface area contributed by atoms with Gasteiger partial charge in [-0.2, -0.15) is 0 Å². The summed E-state index contributed by atoms with van der Waals surface area (Å²) >= 11 is 0. The molecule has 0 bridgehead atoms. The van der Waals surface area contributed by atoms with E-state index in [0.717, 1.165) is 12.2 Å². The summed E-state index contributed by atoms with van der Waals surface area (Å²) in [5, 5.41) is 3.55. The van der Waals surface area contributed by atoms with E-state index in [-0.39, 0.29) is 6.04 Å². The van der Waals surface area contributed by atoms with Crippen molar-refractivity contribution in [3.8, 4) is 0 Å². The molecular weight excluding hydrogens is 268 g/mol. The second-order valence-corrected chi connectivity index (χ2v) is 6.25. The molecule has 2 nitrogen and oxygen atoms in total. The van der Waals surface area contributed by atoms with Crippen LogP contribution in [0.1, 0.15) is 46.6 Å². The Balaban J connectivity index is 2.81. The van der Waals surface area contributed by atoms with E-state index < -0.39 is 0 Å². The molecule has 0 aliphatic carbocycles. The third-order valence-corrected chi connectivity index (χ3v) is 3.78. The van der Waals surface area contributed by atoms with Gasteiger partial charge in [0.05, 0.1) is 6.04 Å². The maximum atomic E-state index is 4.41. The van der Waals surface area contributed by atoms with Gasteiger partial charge in [0, 0.05) is 6.20 Å². The lowest BCUT2D eigenvalue weighted by Gasteiger charge is -2.24. The Morgan fingerprint density at radius 3 is 2.50 bits per heavy atom. The number of nitrogens with zero attached hydrogens (tertiary/aromatic N) is 1. The highest BCUT2D eigenvalue weighted by Gasteiger charge is 2.15. The van der Waals surface area contributed by atoms with E-state index >= 15 is 0 Å². The van der Waals surface area contributed by atoms with Gasteiger partial charge in [-0.25, -0.2) is 4.98 Å². The van der Waals surface area contributed by atoms with Crippen LogP contribution in [0, 0.1) is 12.8 Å². The first kappa shape index (κ1) is 18.2. The van der Waals surface area contributed by atoms with Gasteiger partial charge in [-0.15, -0.1) is 0 Å². The predicted molar refractivity (Wildman–Crippen MR) is 98.2 cm³/mol. The molecule has 1 aromatic rings. The Morgan fingerprint density at radius 2 is 1.91 bits per heavy atom. The number of anilines is 1. The van der Waals surface area contributed by atoms with Crippen molar-refractivity contribution in [3.05, 3.63) is 59.3 Å².